The van der Waals surface area contributed by atoms with Crippen LogP contribution in [0.2, 0.25) is 0 Å². The molecule has 0 amide bonds. The first-order valence-electron chi connectivity index (χ1n) is 7.58. The van der Waals surface area contributed by atoms with Gasteiger partial charge in [-0.15, -0.1) is 0 Å². The third kappa shape index (κ3) is 5.26. The van der Waals surface area contributed by atoms with Crippen LogP contribution in [0.5, 0.6) is 0 Å². The fourth-order valence-corrected chi connectivity index (χ4v) is 1.78. The van der Waals surface area contributed by atoms with Gasteiger partial charge in [-0.25, -0.2) is 8.78 Å². The van der Waals surface area contributed by atoms with E-state index in [0.717, 1.165) is 12.1 Å². The number of carbonyl (C=O) groups is 2. The predicted molar refractivity (Wildman–Crippen MR) is 81.8 cm³/mol. The molecule has 5 nitrogen and oxygen atoms in total. The summed E-state index contributed by atoms with van der Waals surface area (Å²) in [4.78, 5) is 23.2. The molecule has 1 rings (SSSR count). The van der Waals surface area contributed by atoms with Gasteiger partial charge in [-0.1, -0.05) is 33.8 Å². The maximum absolute atomic E-state index is 14.0. The van der Waals surface area contributed by atoms with Crippen LogP contribution >= 0.6 is 0 Å². The minimum absolute atomic E-state index is 0.322. The molecular formula is C17H22F2O5. The molecule has 0 saturated heterocycles. The number of hydrogen-bond donors (Lipinski definition) is 1. The van der Waals surface area contributed by atoms with Gasteiger partial charge in [0.2, 0.25) is 0 Å². The topological polar surface area (TPSA) is 72.8 Å². The molecule has 0 radical (unpaired) electrons. The lowest BCUT2D eigenvalue weighted by Gasteiger charge is -2.28. The van der Waals surface area contributed by atoms with Gasteiger partial charge in [-0.05, 0) is 6.07 Å². The van der Waals surface area contributed by atoms with E-state index in [1.54, 1.807) is 27.7 Å². The molecule has 0 bridgehead atoms. The van der Waals surface area contributed by atoms with Crippen molar-refractivity contribution in [2.24, 2.45) is 11.8 Å². The number of halogens is 2. The van der Waals surface area contributed by atoms with E-state index >= 15 is 0 Å². The number of carbonyl (C=O) groups excluding carboxylic acids is 2. The van der Waals surface area contributed by atoms with Gasteiger partial charge in [-0.3, -0.25) is 9.59 Å². The molecule has 1 N–H and O–H groups in total. The zero-order chi connectivity index (χ0) is 18.5. The number of rotatable bonds is 7. The van der Waals surface area contributed by atoms with Crippen molar-refractivity contribution in [3.8, 4) is 0 Å². The summed E-state index contributed by atoms with van der Waals surface area (Å²) in [5.74, 6) is -3.97. The lowest BCUT2D eigenvalue weighted by molar-refractivity contribution is -0.168. The smallest absolute Gasteiger partial charge is 0.308 e. The lowest BCUT2D eigenvalue weighted by Crippen LogP contribution is -2.40. The Balaban J connectivity index is 3.05. The van der Waals surface area contributed by atoms with Crippen LogP contribution < -0.4 is 0 Å². The van der Waals surface area contributed by atoms with E-state index < -0.39 is 54.2 Å². The maximum Gasteiger partial charge on any atom is 0.308 e. The molecule has 0 spiro atoms. The molecule has 0 aliphatic heterocycles. The molecular weight excluding hydrogens is 322 g/mol. The molecule has 0 unspecified atom stereocenters. The predicted octanol–water partition coefficient (Wildman–Crippen LogP) is 2.55. The van der Waals surface area contributed by atoms with E-state index in [9.17, 15) is 23.5 Å². The second-order valence-corrected chi connectivity index (χ2v) is 6.18. The van der Waals surface area contributed by atoms with Crippen molar-refractivity contribution in [2.75, 3.05) is 13.2 Å². The molecule has 0 aliphatic carbocycles. The summed E-state index contributed by atoms with van der Waals surface area (Å²) in [6, 6.07) is 2.57. The number of aliphatic hydroxyl groups is 1. The van der Waals surface area contributed by atoms with Gasteiger partial charge in [0.1, 0.15) is 24.8 Å². The first kappa shape index (κ1) is 20.0. The van der Waals surface area contributed by atoms with E-state index in [-0.39, 0.29) is 5.56 Å². The van der Waals surface area contributed by atoms with E-state index in [1.165, 1.54) is 0 Å². The third-order valence-corrected chi connectivity index (χ3v) is 3.28. The van der Waals surface area contributed by atoms with Gasteiger partial charge < -0.3 is 14.6 Å². The lowest BCUT2D eigenvalue weighted by atomic mass is 9.94. The fraction of sp³-hybridized carbons (Fsp3) is 0.529. The van der Waals surface area contributed by atoms with Gasteiger partial charge in [0.25, 0.3) is 0 Å². The Labute approximate surface area is 139 Å². The van der Waals surface area contributed by atoms with Crippen molar-refractivity contribution < 1.29 is 33.0 Å². The van der Waals surface area contributed by atoms with Crippen LogP contribution in [-0.4, -0.2) is 30.3 Å². The van der Waals surface area contributed by atoms with Crippen LogP contribution in [0.1, 0.15) is 33.3 Å². The summed E-state index contributed by atoms with van der Waals surface area (Å²) < 4.78 is 37.0. The molecule has 1 aromatic carbocycles. The molecule has 0 heterocycles. The van der Waals surface area contributed by atoms with Crippen LogP contribution in [0.3, 0.4) is 0 Å². The zero-order valence-electron chi connectivity index (χ0n) is 14.1. The summed E-state index contributed by atoms with van der Waals surface area (Å²) in [5, 5.41) is 10.7. The highest BCUT2D eigenvalue weighted by Gasteiger charge is 2.36. The van der Waals surface area contributed by atoms with Crippen LogP contribution in [0, 0.1) is 23.5 Å². The molecule has 0 fully saturated rings. The molecule has 134 valence electrons. The van der Waals surface area contributed by atoms with E-state index in [0.29, 0.717) is 6.07 Å². The highest BCUT2D eigenvalue weighted by atomic mass is 19.1. The van der Waals surface area contributed by atoms with E-state index in [4.69, 9.17) is 9.47 Å². The molecule has 0 atom stereocenters. The Kier molecular flexibility index (Phi) is 6.83. The molecule has 0 saturated carbocycles. The van der Waals surface area contributed by atoms with Crippen LogP contribution in [0.25, 0.3) is 0 Å². The van der Waals surface area contributed by atoms with Gasteiger partial charge in [0.15, 0.2) is 5.60 Å². The summed E-state index contributed by atoms with van der Waals surface area (Å²) in [6.07, 6.45) is 0. The number of benzene rings is 1. The Morgan fingerprint density at radius 2 is 1.50 bits per heavy atom. The van der Waals surface area contributed by atoms with Gasteiger partial charge in [0, 0.05) is 11.6 Å². The second kappa shape index (κ2) is 8.19. The first-order valence-corrected chi connectivity index (χ1v) is 7.58. The van der Waals surface area contributed by atoms with Crippen molar-refractivity contribution in [1.82, 2.24) is 0 Å². The van der Waals surface area contributed by atoms with Crippen molar-refractivity contribution in [2.45, 2.75) is 33.3 Å². The van der Waals surface area contributed by atoms with Crippen LogP contribution in [0.15, 0.2) is 18.2 Å². The largest absolute Gasteiger partial charge is 0.462 e. The second-order valence-electron chi connectivity index (χ2n) is 6.18. The van der Waals surface area contributed by atoms with Crippen molar-refractivity contribution in [3.05, 3.63) is 35.4 Å². The minimum Gasteiger partial charge on any atom is -0.462 e. The quantitative estimate of drug-likeness (QED) is 0.770. The van der Waals surface area contributed by atoms with Gasteiger partial charge >= 0.3 is 11.9 Å². The van der Waals surface area contributed by atoms with Crippen molar-refractivity contribution in [3.63, 3.8) is 0 Å². The van der Waals surface area contributed by atoms with Gasteiger partial charge in [0.05, 0.1) is 11.8 Å². The monoisotopic (exact) mass is 344 g/mol. The normalized spacial score (nSPS) is 11.7. The number of esters is 2. The SMILES string of the molecule is CC(C)C(=O)OCC(O)(COC(=O)C(C)C)c1ccc(F)cc1F. The standard InChI is InChI=1S/C17H22F2O5/c1-10(2)15(20)23-8-17(22,9-24-16(21)11(3)4)13-6-5-12(18)7-14(13)19/h5-7,10-11,22H,8-9H2,1-4H3. The van der Waals surface area contributed by atoms with Crippen molar-refractivity contribution in [1.29, 1.82) is 0 Å². The number of hydrogen-bond acceptors (Lipinski definition) is 5. The Hall–Kier alpha value is -2.02. The highest BCUT2D eigenvalue weighted by Crippen LogP contribution is 2.26. The minimum atomic E-state index is -2.12. The summed E-state index contributed by atoms with van der Waals surface area (Å²) in [6.45, 7) is 5.13. The van der Waals surface area contributed by atoms with Crippen LogP contribution in [-0.2, 0) is 24.7 Å². The summed E-state index contributed by atoms with van der Waals surface area (Å²) in [7, 11) is 0. The zero-order valence-corrected chi connectivity index (χ0v) is 14.1. The third-order valence-electron chi connectivity index (χ3n) is 3.28. The van der Waals surface area contributed by atoms with E-state index in [2.05, 4.69) is 0 Å². The first-order chi connectivity index (χ1) is 11.1. The molecule has 1 aromatic rings. The molecule has 0 aliphatic rings. The molecule has 7 heteroatoms. The van der Waals surface area contributed by atoms with Crippen LogP contribution in [0.4, 0.5) is 8.78 Å². The number of ether oxygens (including phenoxy) is 2. The Bertz CT molecular complexity index is 575. The maximum atomic E-state index is 14.0. The molecule has 0 aromatic heterocycles. The van der Waals surface area contributed by atoms with Gasteiger partial charge in [-0.2, -0.15) is 0 Å². The van der Waals surface area contributed by atoms with E-state index in [1.807, 2.05) is 0 Å². The Morgan fingerprint density at radius 1 is 1.04 bits per heavy atom. The molecule has 24 heavy (non-hydrogen) atoms. The highest BCUT2D eigenvalue weighted by molar-refractivity contribution is 5.72. The summed E-state index contributed by atoms with van der Waals surface area (Å²) >= 11 is 0. The average Bonchev–Trinajstić information content (AvgIpc) is 2.49. The van der Waals surface area contributed by atoms with Crippen molar-refractivity contribution >= 4 is 11.9 Å². The Morgan fingerprint density at radius 3 is 1.88 bits per heavy atom. The fourth-order valence-electron chi connectivity index (χ4n) is 1.78. The average molecular weight is 344 g/mol. The summed E-state index contributed by atoms with van der Waals surface area (Å²) in [5.41, 5.74) is -2.44.